The van der Waals surface area contributed by atoms with Gasteiger partial charge in [-0.05, 0) is 17.7 Å². The van der Waals surface area contributed by atoms with Crippen LogP contribution in [0.25, 0.3) is 11.8 Å². The van der Waals surface area contributed by atoms with E-state index in [1.807, 2.05) is 36.4 Å². The van der Waals surface area contributed by atoms with Crippen molar-refractivity contribution < 1.29 is 4.74 Å². The summed E-state index contributed by atoms with van der Waals surface area (Å²) < 4.78 is 5.99. The van der Waals surface area contributed by atoms with Crippen molar-refractivity contribution in [2.24, 2.45) is 0 Å². The minimum Gasteiger partial charge on any atom is -0.481 e. The highest BCUT2D eigenvalue weighted by atomic mass is 16.5. The van der Waals surface area contributed by atoms with Gasteiger partial charge in [-0.25, -0.2) is 0 Å². The van der Waals surface area contributed by atoms with Crippen LogP contribution in [0, 0.1) is 0 Å². The molecule has 1 nitrogen and oxygen atoms in total. The average molecular weight is 234 g/mol. The summed E-state index contributed by atoms with van der Waals surface area (Å²) in [4.78, 5) is 0. The number of rotatable bonds is 2. The van der Waals surface area contributed by atoms with Gasteiger partial charge in [-0.3, -0.25) is 0 Å². The molecule has 0 spiro atoms. The third-order valence-electron chi connectivity index (χ3n) is 3.12. The normalized spacial score (nSPS) is 17.3. The van der Waals surface area contributed by atoms with Crippen LogP contribution in [0.2, 0.25) is 0 Å². The molecule has 0 aromatic heterocycles. The maximum atomic E-state index is 5.99. The lowest BCUT2D eigenvalue weighted by Gasteiger charge is -2.25. The molecule has 2 aromatic carbocycles. The first-order valence-electron chi connectivity index (χ1n) is 6.04. The lowest BCUT2D eigenvalue weighted by Crippen LogP contribution is -2.07. The van der Waals surface area contributed by atoms with Crippen molar-refractivity contribution in [3.8, 4) is 0 Å². The number of ether oxygens (including phenoxy) is 1. The highest BCUT2D eigenvalue weighted by Gasteiger charge is 2.19. The third kappa shape index (κ3) is 1.84. The molecule has 1 aliphatic rings. The molecule has 1 atom stereocenters. The first-order chi connectivity index (χ1) is 8.88. The summed E-state index contributed by atoms with van der Waals surface area (Å²) in [6, 6.07) is 18.4. The van der Waals surface area contributed by atoms with Gasteiger partial charge in [-0.1, -0.05) is 61.2 Å². The fourth-order valence-electron chi connectivity index (χ4n) is 2.21. The van der Waals surface area contributed by atoms with Crippen molar-refractivity contribution in [2.75, 3.05) is 0 Å². The van der Waals surface area contributed by atoms with E-state index in [9.17, 15) is 0 Å². The van der Waals surface area contributed by atoms with Gasteiger partial charge in [0.1, 0.15) is 11.9 Å². The molecule has 0 saturated carbocycles. The Labute approximate surface area is 107 Å². The van der Waals surface area contributed by atoms with E-state index in [-0.39, 0.29) is 6.10 Å². The summed E-state index contributed by atoms with van der Waals surface area (Å²) in [6.45, 7) is 3.86. The second-order valence-electron chi connectivity index (χ2n) is 4.28. The second-order valence-corrected chi connectivity index (χ2v) is 4.28. The summed E-state index contributed by atoms with van der Waals surface area (Å²) in [5.41, 5.74) is 3.47. The van der Waals surface area contributed by atoms with E-state index in [1.165, 1.54) is 11.1 Å². The molecule has 1 unspecified atom stereocenters. The zero-order valence-corrected chi connectivity index (χ0v) is 10.0. The molecule has 0 amide bonds. The monoisotopic (exact) mass is 234 g/mol. The van der Waals surface area contributed by atoms with Gasteiger partial charge in [-0.15, -0.1) is 0 Å². The fourth-order valence-corrected chi connectivity index (χ4v) is 2.21. The fraction of sp³-hybridized carbons (Fsp3) is 0.0588. The van der Waals surface area contributed by atoms with E-state index < -0.39 is 0 Å². The molecule has 1 heterocycles. The van der Waals surface area contributed by atoms with Crippen molar-refractivity contribution in [1.29, 1.82) is 0 Å². The summed E-state index contributed by atoms with van der Waals surface area (Å²) in [5.74, 6) is 0.902. The van der Waals surface area contributed by atoms with E-state index >= 15 is 0 Å². The van der Waals surface area contributed by atoms with Crippen molar-refractivity contribution in [3.05, 3.63) is 83.9 Å². The van der Waals surface area contributed by atoms with Crippen molar-refractivity contribution >= 4 is 11.8 Å². The van der Waals surface area contributed by atoms with Gasteiger partial charge in [-0.2, -0.15) is 0 Å². The minimum atomic E-state index is -0.0681. The van der Waals surface area contributed by atoms with Crippen LogP contribution in [0.5, 0.6) is 0 Å². The van der Waals surface area contributed by atoms with E-state index in [4.69, 9.17) is 4.74 Å². The molecular formula is C17H14O. The standard InChI is InChI=1S/C17H14O/c1-2-16-15-11-7-6-10-14(15)12-17(18-16)13-8-4-3-5-9-13/h2-12,16H,1H2. The highest BCUT2D eigenvalue weighted by molar-refractivity contribution is 5.80. The number of benzene rings is 2. The quantitative estimate of drug-likeness (QED) is 0.698. The third-order valence-corrected chi connectivity index (χ3v) is 3.12. The van der Waals surface area contributed by atoms with Gasteiger partial charge in [0.2, 0.25) is 0 Å². The lowest BCUT2D eigenvalue weighted by atomic mass is 9.97. The Bertz CT molecular complexity index is 596. The molecule has 0 bridgehead atoms. The Kier molecular flexibility index (Phi) is 2.73. The molecule has 18 heavy (non-hydrogen) atoms. The Morgan fingerprint density at radius 2 is 1.67 bits per heavy atom. The molecule has 0 saturated heterocycles. The number of hydrogen-bond donors (Lipinski definition) is 0. The maximum Gasteiger partial charge on any atom is 0.142 e. The van der Waals surface area contributed by atoms with Crippen molar-refractivity contribution in [1.82, 2.24) is 0 Å². The van der Waals surface area contributed by atoms with Gasteiger partial charge in [0, 0.05) is 11.1 Å². The van der Waals surface area contributed by atoms with Crippen molar-refractivity contribution in [3.63, 3.8) is 0 Å². The van der Waals surface area contributed by atoms with Gasteiger partial charge >= 0.3 is 0 Å². The Morgan fingerprint density at radius 3 is 2.44 bits per heavy atom. The number of hydrogen-bond acceptors (Lipinski definition) is 1. The Morgan fingerprint density at radius 1 is 0.944 bits per heavy atom. The van der Waals surface area contributed by atoms with E-state index in [0.29, 0.717) is 0 Å². The molecule has 0 aliphatic carbocycles. The van der Waals surface area contributed by atoms with Crippen LogP contribution in [-0.4, -0.2) is 0 Å². The zero-order chi connectivity index (χ0) is 12.4. The maximum absolute atomic E-state index is 5.99. The van der Waals surface area contributed by atoms with Crippen LogP contribution >= 0.6 is 0 Å². The van der Waals surface area contributed by atoms with E-state index in [2.05, 4.69) is 36.9 Å². The predicted octanol–water partition coefficient (Wildman–Crippen LogP) is 4.44. The first kappa shape index (κ1) is 10.8. The second kappa shape index (κ2) is 4.53. The predicted molar refractivity (Wildman–Crippen MR) is 74.8 cm³/mol. The van der Waals surface area contributed by atoms with Crippen LogP contribution in [0.1, 0.15) is 22.8 Å². The summed E-state index contributed by atoms with van der Waals surface area (Å²) in [7, 11) is 0. The SMILES string of the molecule is C=CC1OC(c2ccccc2)=Cc2ccccc21. The van der Waals surface area contributed by atoms with Gasteiger partial charge < -0.3 is 4.74 Å². The average Bonchev–Trinajstić information content (AvgIpc) is 2.47. The lowest BCUT2D eigenvalue weighted by molar-refractivity contribution is 0.214. The summed E-state index contributed by atoms with van der Waals surface area (Å²) >= 11 is 0. The van der Waals surface area contributed by atoms with Gasteiger partial charge in [0.05, 0.1) is 0 Å². The molecule has 0 N–H and O–H groups in total. The summed E-state index contributed by atoms with van der Waals surface area (Å²) in [6.07, 6.45) is 3.86. The van der Waals surface area contributed by atoms with Crippen LogP contribution in [0.15, 0.2) is 67.3 Å². The largest absolute Gasteiger partial charge is 0.481 e. The zero-order valence-electron chi connectivity index (χ0n) is 10.0. The molecule has 88 valence electrons. The number of fused-ring (bicyclic) bond motifs is 1. The highest BCUT2D eigenvalue weighted by Crippen LogP contribution is 2.35. The Hall–Kier alpha value is -2.28. The molecule has 2 aromatic rings. The van der Waals surface area contributed by atoms with Crippen molar-refractivity contribution in [2.45, 2.75) is 6.10 Å². The molecular weight excluding hydrogens is 220 g/mol. The topological polar surface area (TPSA) is 9.23 Å². The molecule has 0 radical (unpaired) electrons. The molecule has 1 heteroatoms. The van der Waals surface area contributed by atoms with Crippen LogP contribution < -0.4 is 0 Å². The van der Waals surface area contributed by atoms with Crippen LogP contribution in [0.4, 0.5) is 0 Å². The van der Waals surface area contributed by atoms with Crippen LogP contribution in [0.3, 0.4) is 0 Å². The van der Waals surface area contributed by atoms with E-state index in [0.717, 1.165) is 11.3 Å². The first-order valence-corrected chi connectivity index (χ1v) is 6.04. The minimum absolute atomic E-state index is 0.0681. The smallest absolute Gasteiger partial charge is 0.142 e. The molecule has 1 aliphatic heterocycles. The molecule has 0 fully saturated rings. The van der Waals surface area contributed by atoms with E-state index in [1.54, 1.807) is 0 Å². The summed E-state index contributed by atoms with van der Waals surface area (Å²) in [5, 5.41) is 0. The van der Waals surface area contributed by atoms with Gasteiger partial charge in [0.15, 0.2) is 0 Å². The van der Waals surface area contributed by atoms with Crippen LogP contribution in [-0.2, 0) is 4.74 Å². The Balaban J connectivity index is 2.10. The van der Waals surface area contributed by atoms with Gasteiger partial charge in [0.25, 0.3) is 0 Å². The molecule has 3 rings (SSSR count).